The van der Waals surface area contributed by atoms with Gasteiger partial charge >= 0.3 is 0 Å². The summed E-state index contributed by atoms with van der Waals surface area (Å²) in [7, 11) is 0. The molecule has 0 amide bonds. The van der Waals surface area contributed by atoms with Gasteiger partial charge in [0.25, 0.3) is 6.71 Å². The van der Waals surface area contributed by atoms with Crippen molar-refractivity contribution in [3.8, 4) is 11.1 Å². The summed E-state index contributed by atoms with van der Waals surface area (Å²) in [6.45, 7) is 43.3. The number of fused-ring (bicyclic) bond motifs is 12. The summed E-state index contributed by atoms with van der Waals surface area (Å²) in [6, 6.07) is 46.1. The summed E-state index contributed by atoms with van der Waals surface area (Å²) in [4.78, 5) is 5.22. The molecule has 2 aliphatic heterocycles. The van der Waals surface area contributed by atoms with Crippen molar-refractivity contribution in [2.45, 2.75) is 206 Å². The molecule has 14 rings (SSSR count). The molecule has 0 bridgehead atoms. The van der Waals surface area contributed by atoms with E-state index in [2.05, 4.69) is 250 Å². The Morgan fingerprint density at radius 1 is 0.358 bits per heavy atom. The Morgan fingerprint density at radius 2 is 0.864 bits per heavy atom. The zero-order chi connectivity index (χ0) is 57.3. The van der Waals surface area contributed by atoms with Crippen LogP contribution in [0.15, 0.2) is 124 Å². The second kappa shape index (κ2) is 16.6. The van der Waals surface area contributed by atoms with Gasteiger partial charge < -0.3 is 13.7 Å². The van der Waals surface area contributed by atoms with Crippen LogP contribution >= 0.6 is 0 Å². The van der Waals surface area contributed by atoms with Crippen molar-refractivity contribution in [1.82, 2.24) is 0 Å². The molecule has 5 heteroatoms. The standard InChI is InChI=1S/C76H85BN2O2/c1-69(2,3)46-20-23-48(24-21-46)79-62-36-45(44-19-26-50-51-38-47(70(4,5)6)22-28-63(51)80-64(50)37-44)35-61-67(62)77(66-52-40-55-58(43-65(52)81-68(66)79)76(17,18)34-31-73(55,11)12)59-41-56-57(75(15,16)33-32-74(56,13)14)42-60(59)78(61)49-25-27-53-54(39-49)72(9,10)30-29-71(53,7)8/h19-28,35-43H,29-34H2,1-18H3. The van der Waals surface area contributed by atoms with E-state index in [1.54, 1.807) is 0 Å². The van der Waals surface area contributed by atoms with Gasteiger partial charge in [0, 0.05) is 50.1 Å². The first-order valence-electron chi connectivity index (χ1n) is 30.6. The smallest absolute Gasteiger partial charge is 0.257 e. The van der Waals surface area contributed by atoms with Crippen LogP contribution in [0.5, 0.6) is 0 Å². The van der Waals surface area contributed by atoms with E-state index in [9.17, 15) is 0 Å². The first-order valence-corrected chi connectivity index (χ1v) is 30.6. The zero-order valence-corrected chi connectivity index (χ0v) is 52.0. The summed E-state index contributed by atoms with van der Waals surface area (Å²) in [5.41, 5.74) is 26.5. The van der Waals surface area contributed by atoms with Gasteiger partial charge in [-0.15, -0.1) is 0 Å². The van der Waals surface area contributed by atoms with Gasteiger partial charge in [-0.3, -0.25) is 4.90 Å². The minimum Gasteiger partial charge on any atom is -0.456 e. The number of hydrogen-bond donors (Lipinski definition) is 0. The molecule has 9 aromatic rings. The molecule has 0 fully saturated rings. The number of anilines is 6. The van der Waals surface area contributed by atoms with Crippen molar-refractivity contribution in [1.29, 1.82) is 0 Å². The lowest BCUT2D eigenvalue weighted by atomic mass is 9.33. The molecular formula is C76H85BN2O2. The highest BCUT2D eigenvalue weighted by Gasteiger charge is 2.50. The van der Waals surface area contributed by atoms with Crippen LogP contribution in [0.1, 0.15) is 208 Å². The third-order valence-electron chi connectivity index (χ3n) is 21.4. The van der Waals surface area contributed by atoms with E-state index in [0.29, 0.717) is 0 Å². The van der Waals surface area contributed by atoms with Crippen molar-refractivity contribution in [2.24, 2.45) is 0 Å². The van der Waals surface area contributed by atoms with Crippen LogP contribution in [0.25, 0.3) is 44.0 Å². The molecule has 0 N–H and O–H groups in total. The molecule has 0 atom stereocenters. The second-order valence-corrected chi connectivity index (χ2v) is 31.8. The average molecular weight is 1070 g/mol. The molecule has 0 spiro atoms. The van der Waals surface area contributed by atoms with Gasteiger partial charge in [-0.25, -0.2) is 0 Å². The maximum atomic E-state index is 7.72. The fourth-order valence-corrected chi connectivity index (χ4v) is 15.6. The van der Waals surface area contributed by atoms with Gasteiger partial charge in [0.1, 0.15) is 16.7 Å². The van der Waals surface area contributed by atoms with Crippen LogP contribution in [0.3, 0.4) is 0 Å². The molecule has 4 nitrogen and oxygen atoms in total. The van der Waals surface area contributed by atoms with Crippen molar-refractivity contribution >= 4 is 90.3 Å². The molecule has 0 radical (unpaired) electrons. The van der Waals surface area contributed by atoms with Crippen LogP contribution in [-0.4, -0.2) is 6.71 Å². The molecular weight excluding hydrogens is 984 g/mol. The molecule has 4 heterocycles. The minimum atomic E-state index is -0.122. The van der Waals surface area contributed by atoms with Gasteiger partial charge in [0.15, 0.2) is 0 Å². The lowest BCUT2D eigenvalue weighted by Crippen LogP contribution is -2.61. The fraction of sp³-hybridized carbons (Fsp3) is 0.421. The molecule has 3 aliphatic carbocycles. The quantitative estimate of drug-likeness (QED) is 0.165. The fourth-order valence-electron chi connectivity index (χ4n) is 15.6. The topological polar surface area (TPSA) is 32.8 Å². The predicted octanol–water partition coefficient (Wildman–Crippen LogP) is 19.7. The lowest BCUT2D eigenvalue weighted by molar-refractivity contribution is 0.332. The molecule has 81 heavy (non-hydrogen) atoms. The molecule has 414 valence electrons. The normalized spacial score (nSPS) is 19.7. The first-order chi connectivity index (χ1) is 37.8. The van der Waals surface area contributed by atoms with Crippen molar-refractivity contribution in [3.05, 3.63) is 160 Å². The van der Waals surface area contributed by atoms with Crippen molar-refractivity contribution in [2.75, 3.05) is 9.80 Å². The van der Waals surface area contributed by atoms with Crippen LogP contribution in [0, 0.1) is 0 Å². The lowest BCUT2D eigenvalue weighted by Gasteiger charge is -2.47. The van der Waals surface area contributed by atoms with Crippen LogP contribution in [0.2, 0.25) is 0 Å². The maximum Gasteiger partial charge on any atom is 0.257 e. The SMILES string of the molecule is CC(C)(C)c1ccc(N2c3cc(-c4ccc5c(c4)oc4ccc(C(C)(C)C)cc45)cc4c3B(c3cc5c(cc3N4c3ccc4c(c3)C(C)(C)CCC4(C)C)C(C)(C)CCC5(C)C)c3c2oc2cc4c(cc32)C(C)(C)CCC4(C)C)cc1. The third kappa shape index (κ3) is 7.81. The molecule has 0 unspecified atom stereocenters. The van der Waals surface area contributed by atoms with Gasteiger partial charge in [0.05, 0.1) is 0 Å². The number of hydrogen-bond acceptors (Lipinski definition) is 4. The van der Waals surface area contributed by atoms with Gasteiger partial charge in [-0.05, 0) is 227 Å². The van der Waals surface area contributed by atoms with Crippen LogP contribution < -0.4 is 26.2 Å². The molecule has 5 aliphatic rings. The summed E-state index contributed by atoms with van der Waals surface area (Å²) in [5.74, 6) is 0.920. The predicted molar refractivity (Wildman–Crippen MR) is 346 cm³/mol. The maximum absolute atomic E-state index is 7.72. The van der Waals surface area contributed by atoms with Gasteiger partial charge in [-0.2, -0.15) is 0 Å². The monoisotopic (exact) mass is 1070 g/mol. The number of nitrogens with zero attached hydrogens (tertiary/aromatic N) is 2. The number of rotatable bonds is 3. The highest BCUT2D eigenvalue weighted by Crippen LogP contribution is 2.55. The number of benzene rings is 7. The molecule has 2 aromatic heterocycles. The molecule has 7 aromatic carbocycles. The Hall–Kier alpha value is -6.46. The Bertz CT molecular complexity index is 4150. The second-order valence-electron chi connectivity index (χ2n) is 31.8. The Kier molecular flexibility index (Phi) is 10.8. The zero-order valence-electron chi connectivity index (χ0n) is 52.0. The van der Waals surface area contributed by atoms with Crippen LogP contribution in [0.4, 0.5) is 34.3 Å². The molecule has 0 saturated carbocycles. The van der Waals surface area contributed by atoms with Gasteiger partial charge in [0.2, 0.25) is 5.88 Å². The van der Waals surface area contributed by atoms with Crippen molar-refractivity contribution in [3.63, 3.8) is 0 Å². The Morgan fingerprint density at radius 3 is 1.47 bits per heavy atom. The minimum absolute atomic E-state index is 0.00576. The first kappa shape index (κ1) is 52.6. The average Bonchev–Trinajstić information content (AvgIpc) is 3.55. The largest absolute Gasteiger partial charge is 0.456 e. The van der Waals surface area contributed by atoms with Crippen LogP contribution in [-0.2, 0) is 43.3 Å². The van der Waals surface area contributed by atoms with E-state index in [0.717, 1.165) is 82.6 Å². The van der Waals surface area contributed by atoms with Gasteiger partial charge in [-0.1, -0.05) is 161 Å². The Labute approximate surface area is 483 Å². The summed E-state index contributed by atoms with van der Waals surface area (Å²) < 4.78 is 14.6. The molecule has 0 saturated heterocycles. The summed E-state index contributed by atoms with van der Waals surface area (Å²) >= 11 is 0. The van der Waals surface area contributed by atoms with Crippen molar-refractivity contribution < 1.29 is 8.83 Å². The van der Waals surface area contributed by atoms with E-state index in [1.807, 2.05) is 0 Å². The van der Waals surface area contributed by atoms with E-state index >= 15 is 0 Å². The van der Waals surface area contributed by atoms with E-state index in [4.69, 9.17) is 8.83 Å². The Balaban J connectivity index is 1.13. The van der Waals surface area contributed by atoms with E-state index in [-0.39, 0.29) is 50.0 Å². The van der Waals surface area contributed by atoms with E-state index < -0.39 is 0 Å². The highest BCUT2D eigenvalue weighted by atomic mass is 16.4. The summed E-state index contributed by atoms with van der Waals surface area (Å²) in [6.07, 6.45) is 6.89. The summed E-state index contributed by atoms with van der Waals surface area (Å²) in [5, 5.41) is 3.54. The third-order valence-corrected chi connectivity index (χ3v) is 21.4. The number of furan rings is 2. The van der Waals surface area contributed by atoms with E-state index in [1.165, 1.54) is 95.2 Å². The highest BCUT2D eigenvalue weighted by molar-refractivity contribution is 7.01.